The predicted octanol–water partition coefficient (Wildman–Crippen LogP) is 1.64. The van der Waals surface area contributed by atoms with Gasteiger partial charge >= 0.3 is 5.97 Å². The highest BCUT2D eigenvalue weighted by atomic mass is 16.5. The van der Waals surface area contributed by atoms with E-state index in [1.807, 2.05) is 6.07 Å². The Morgan fingerprint density at radius 3 is 2.80 bits per heavy atom. The fraction of sp³-hybridized carbons (Fsp3) is 0.364. The van der Waals surface area contributed by atoms with Gasteiger partial charge in [-0.15, -0.1) is 0 Å². The van der Waals surface area contributed by atoms with Gasteiger partial charge in [-0.2, -0.15) is 5.26 Å². The summed E-state index contributed by atoms with van der Waals surface area (Å²) in [6.45, 7) is 0. The number of carbonyl (C=O) groups excluding carboxylic acids is 1. The maximum atomic E-state index is 11.5. The van der Waals surface area contributed by atoms with Gasteiger partial charge in [-0.25, -0.2) is 0 Å². The Kier molecular flexibility index (Phi) is 4.30. The van der Waals surface area contributed by atoms with Gasteiger partial charge in [-0.3, -0.25) is 9.78 Å². The first-order valence-electron chi connectivity index (χ1n) is 4.64. The van der Waals surface area contributed by atoms with Gasteiger partial charge in [0.25, 0.3) is 0 Å². The van der Waals surface area contributed by atoms with Gasteiger partial charge in [0.05, 0.1) is 19.1 Å². The zero-order chi connectivity index (χ0) is 11.1. The normalized spacial score (nSPS) is 11.5. The van der Waals surface area contributed by atoms with Crippen LogP contribution >= 0.6 is 0 Å². The van der Waals surface area contributed by atoms with Crippen LogP contribution in [0, 0.1) is 11.3 Å². The Hall–Kier alpha value is -1.89. The smallest absolute Gasteiger partial charge is 0.313 e. The molecular formula is C11H12N2O2. The number of carbonyl (C=O) groups is 1. The lowest BCUT2D eigenvalue weighted by atomic mass is 9.95. The largest absolute Gasteiger partial charge is 0.469 e. The molecule has 78 valence electrons. The molecule has 1 aromatic rings. The van der Waals surface area contributed by atoms with Crippen LogP contribution in [0.5, 0.6) is 0 Å². The maximum Gasteiger partial charge on any atom is 0.313 e. The van der Waals surface area contributed by atoms with Crippen LogP contribution in [0.25, 0.3) is 0 Å². The minimum absolute atomic E-state index is 0.309. The van der Waals surface area contributed by atoms with Crippen LogP contribution in [0.15, 0.2) is 24.5 Å². The van der Waals surface area contributed by atoms with E-state index in [4.69, 9.17) is 10.00 Å². The summed E-state index contributed by atoms with van der Waals surface area (Å²) in [5.74, 6) is -0.672. The van der Waals surface area contributed by atoms with Crippen molar-refractivity contribution in [2.75, 3.05) is 7.11 Å². The van der Waals surface area contributed by atoms with Gasteiger partial charge in [0.2, 0.25) is 0 Å². The molecule has 0 amide bonds. The molecule has 15 heavy (non-hydrogen) atoms. The highest BCUT2D eigenvalue weighted by Crippen LogP contribution is 2.21. The van der Waals surface area contributed by atoms with E-state index >= 15 is 0 Å². The number of nitrogens with zero attached hydrogens (tertiary/aromatic N) is 2. The number of pyridine rings is 1. The molecule has 4 heteroatoms. The first-order chi connectivity index (χ1) is 7.29. The van der Waals surface area contributed by atoms with Crippen LogP contribution in [0.2, 0.25) is 0 Å². The number of methoxy groups -OCH3 is 1. The maximum absolute atomic E-state index is 11.5. The van der Waals surface area contributed by atoms with Crippen LogP contribution in [0.4, 0.5) is 0 Å². The summed E-state index contributed by atoms with van der Waals surface area (Å²) in [5, 5.41) is 8.50. The molecule has 1 aromatic heterocycles. The van der Waals surface area contributed by atoms with E-state index in [0.29, 0.717) is 12.8 Å². The molecule has 0 aliphatic heterocycles. The lowest BCUT2D eigenvalue weighted by Gasteiger charge is -2.12. The molecule has 0 fully saturated rings. The highest BCUT2D eigenvalue weighted by Gasteiger charge is 2.20. The molecule has 0 aromatic carbocycles. The van der Waals surface area contributed by atoms with E-state index in [9.17, 15) is 4.79 Å². The first kappa shape index (κ1) is 11.2. The van der Waals surface area contributed by atoms with Gasteiger partial charge in [-0.05, 0) is 24.1 Å². The van der Waals surface area contributed by atoms with Crippen molar-refractivity contribution in [2.24, 2.45) is 0 Å². The molecule has 0 radical (unpaired) electrons. The summed E-state index contributed by atoms with van der Waals surface area (Å²) in [4.78, 5) is 15.3. The minimum Gasteiger partial charge on any atom is -0.469 e. The van der Waals surface area contributed by atoms with E-state index in [1.165, 1.54) is 7.11 Å². The molecule has 0 N–H and O–H groups in total. The third kappa shape index (κ3) is 3.06. The van der Waals surface area contributed by atoms with Crippen molar-refractivity contribution in [1.29, 1.82) is 5.26 Å². The third-order valence-electron chi connectivity index (χ3n) is 2.14. The Labute approximate surface area is 88.5 Å². The number of nitriles is 1. The lowest BCUT2D eigenvalue weighted by Crippen LogP contribution is -2.14. The van der Waals surface area contributed by atoms with Crippen molar-refractivity contribution in [1.82, 2.24) is 4.98 Å². The predicted molar refractivity (Wildman–Crippen MR) is 53.8 cm³/mol. The second-order valence-electron chi connectivity index (χ2n) is 3.05. The molecule has 0 spiro atoms. The summed E-state index contributed by atoms with van der Waals surface area (Å²) in [5.41, 5.74) is 0.840. The van der Waals surface area contributed by atoms with Crippen molar-refractivity contribution in [3.63, 3.8) is 0 Å². The fourth-order valence-corrected chi connectivity index (χ4v) is 1.37. The molecule has 0 aliphatic carbocycles. The van der Waals surface area contributed by atoms with Gasteiger partial charge in [-0.1, -0.05) is 0 Å². The van der Waals surface area contributed by atoms with Crippen LogP contribution in [0.3, 0.4) is 0 Å². The Balaban J connectivity index is 2.82. The van der Waals surface area contributed by atoms with Crippen molar-refractivity contribution in [3.8, 4) is 6.07 Å². The lowest BCUT2D eigenvalue weighted by molar-refractivity contribution is -0.142. The van der Waals surface area contributed by atoms with Crippen LogP contribution < -0.4 is 0 Å². The molecule has 0 bridgehead atoms. The number of ether oxygens (including phenoxy) is 1. The fourth-order valence-electron chi connectivity index (χ4n) is 1.37. The van der Waals surface area contributed by atoms with Crippen molar-refractivity contribution in [3.05, 3.63) is 30.1 Å². The van der Waals surface area contributed by atoms with Gasteiger partial charge in [0, 0.05) is 18.8 Å². The van der Waals surface area contributed by atoms with E-state index in [-0.39, 0.29) is 11.9 Å². The Morgan fingerprint density at radius 2 is 2.27 bits per heavy atom. The van der Waals surface area contributed by atoms with Crippen LogP contribution in [-0.2, 0) is 9.53 Å². The van der Waals surface area contributed by atoms with Gasteiger partial charge < -0.3 is 4.74 Å². The third-order valence-corrected chi connectivity index (χ3v) is 2.14. The Morgan fingerprint density at radius 1 is 1.60 bits per heavy atom. The van der Waals surface area contributed by atoms with Crippen LogP contribution in [0.1, 0.15) is 24.3 Å². The highest BCUT2D eigenvalue weighted by molar-refractivity contribution is 5.77. The monoisotopic (exact) mass is 204 g/mol. The molecule has 1 unspecified atom stereocenters. The van der Waals surface area contributed by atoms with E-state index in [2.05, 4.69) is 4.98 Å². The zero-order valence-electron chi connectivity index (χ0n) is 8.51. The zero-order valence-corrected chi connectivity index (χ0v) is 8.51. The summed E-state index contributed by atoms with van der Waals surface area (Å²) < 4.78 is 4.70. The van der Waals surface area contributed by atoms with E-state index in [1.54, 1.807) is 24.5 Å². The number of aromatic nitrogens is 1. The summed E-state index contributed by atoms with van der Waals surface area (Å²) in [6.07, 6.45) is 4.06. The van der Waals surface area contributed by atoms with Crippen molar-refractivity contribution < 1.29 is 9.53 Å². The average molecular weight is 204 g/mol. The van der Waals surface area contributed by atoms with Crippen molar-refractivity contribution >= 4 is 5.97 Å². The molecule has 0 saturated heterocycles. The SMILES string of the molecule is COC(=O)C(CCC#N)c1ccncc1. The molecule has 1 rings (SSSR count). The topological polar surface area (TPSA) is 63.0 Å². The van der Waals surface area contributed by atoms with Crippen LogP contribution in [-0.4, -0.2) is 18.1 Å². The van der Waals surface area contributed by atoms with E-state index in [0.717, 1.165) is 5.56 Å². The quantitative estimate of drug-likeness (QED) is 0.699. The molecule has 0 saturated carbocycles. The van der Waals surface area contributed by atoms with E-state index < -0.39 is 0 Å². The molecule has 4 nitrogen and oxygen atoms in total. The first-order valence-corrected chi connectivity index (χ1v) is 4.64. The number of hydrogen-bond donors (Lipinski definition) is 0. The molecule has 1 atom stereocenters. The second kappa shape index (κ2) is 5.76. The van der Waals surface area contributed by atoms with Gasteiger partial charge in [0.1, 0.15) is 0 Å². The standard InChI is InChI=1S/C11H12N2O2/c1-15-11(14)10(3-2-6-12)9-4-7-13-8-5-9/h4-5,7-8,10H,2-3H2,1H3. The second-order valence-corrected chi connectivity index (χ2v) is 3.05. The van der Waals surface area contributed by atoms with Gasteiger partial charge in [0.15, 0.2) is 0 Å². The average Bonchev–Trinajstić information content (AvgIpc) is 2.30. The Bertz CT molecular complexity index is 357. The minimum atomic E-state index is -0.363. The molecular weight excluding hydrogens is 192 g/mol. The van der Waals surface area contributed by atoms with Crippen molar-refractivity contribution in [2.45, 2.75) is 18.8 Å². The molecule has 1 heterocycles. The number of rotatable bonds is 4. The summed E-state index contributed by atoms with van der Waals surface area (Å²) >= 11 is 0. The molecule has 0 aliphatic rings. The number of hydrogen-bond acceptors (Lipinski definition) is 4. The summed E-state index contributed by atoms with van der Waals surface area (Å²) in [6, 6.07) is 5.55. The summed E-state index contributed by atoms with van der Waals surface area (Å²) in [7, 11) is 1.35. The number of esters is 1.